The van der Waals surface area contributed by atoms with E-state index in [0.29, 0.717) is 18.4 Å². The fraction of sp³-hybridized carbons (Fsp3) is 0.636. The van der Waals surface area contributed by atoms with E-state index in [1.807, 2.05) is 18.0 Å². The Morgan fingerprint density at radius 2 is 1.80 bits per heavy atom. The predicted molar refractivity (Wildman–Crippen MR) is 131 cm³/mol. The fourth-order valence-electron chi connectivity index (χ4n) is 4.71. The van der Waals surface area contributed by atoms with Crippen molar-refractivity contribution in [2.24, 2.45) is 10.9 Å². The second-order valence-corrected chi connectivity index (χ2v) is 8.47. The summed E-state index contributed by atoms with van der Waals surface area (Å²) in [5.41, 5.74) is 1.29. The van der Waals surface area contributed by atoms with Crippen LogP contribution < -0.4 is 10.6 Å². The molecule has 0 radical (unpaired) electrons. The van der Waals surface area contributed by atoms with E-state index in [-0.39, 0.29) is 29.9 Å². The van der Waals surface area contributed by atoms with Crippen molar-refractivity contribution >= 4 is 35.8 Å². The van der Waals surface area contributed by atoms with E-state index in [1.54, 1.807) is 0 Å². The Labute approximate surface area is 197 Å². The number of hydrogen-bond acceptors (Lipinski definition) is 4. The summed E-state index contributed by atoms with van der Waals surface area (Å²) in [5.74, 6) is 1.46. The highest BCUT2D eigenvalue weighted by Crippen LogP contribution is 2.18. The van der Waals surface area contributed by atoms with Gasteiger partial charge >= 0.3 is 0 Å². The van der Waals surface area contributed by atoms with E-state index < -0.39 is 0 Å². The van der Waals surface area contributed by atoms with E-state index in [2.05, 4.69) is 49.7 Å². The Hall–Kier alpha value is -1.39. The molecule has 5 rings (SSSR count). The minimum Gasteiger partial charge on any atom is -0.356 e. The lowest BCUT2D eigenvalue weighted by atomic mass is 10.1. The molecule has 4 heterocycles. The number of carbonyl (C=O) groups is 1. The molecule has 0 saturated carbocycles. The number of likely N-dealkylation sites (tertiary alicyclic amines) is 1. The Balaban J connectivity index is 0.00000256. The minimum absolute atomic E-state index is 0. The number of aliphatic imine (C=N–C) groups is 1. The molecule has 2 bridgehead atoms. The van der Waals surface area contributed by atoms with Crippen LogP contribution in [0.3, 0.4) is 0 Å². The van der Waals surface area contributed by atoms with Gasteiger partial charge in [0.1, 0.15) is 0 Å². The van der Waals surface area contributed by atoms with Gasteiger partial charge in [0.2, 0.25) is 5.91 Å². The highest BCUT2D eigenvalue weighted by Gasteiger charge is 2.32. The zero-order valence-corrected chi connectivity index (χ0v) is 20.3. The first kappa shape index (κ1) is 23.3. The van der Waals surface area contributed by atoms with Gasteiger partial charge in [-0.15, -0.1) is 24.0 Å². The molecule has 30 heavy (non-hydrogen) atoms. The lowest BCUT2D eigenvalue weighted by molar-refractivity contribution is -0.127. The van der Waals surface area contributed by atoms with E-state index in [0.717, 1.165) is 45.1 Å². The molecule has 1 aromatic carbocycles. The Morgan fingerprint density at radius 3 is 2.47 bits per heavy atom. The van der Waals surface area contributed by atoms with Crippen molar-refractivity contribution in [3.63, 3.8) is 0 Å². The van der Waals surface area contributed by atoms with Crippen molar-refractivity contribution in [3.8, 4) is 0 Å². The van der Waals surface area contributed by atoms with Crippen LogP contribution in [0.2, 0.25) is 0 Å². The molecule has 2 N–H and O–H groups in total. The summed E-state index contributed by atoms with van der Waals surface area (Å²) >= 11 is 0. The molecule has 0 spiro atoms. The maximum atomic E-state index is 12.4. The third kappa shape index (κ3) is 6.07. The van der Waals surface area contributed by atoms with Crippen LogP contribution >= 0.6 is 24.0 Å². The second-order valence-electron chi connectivity index (χ2n) is 8.47. The number of nitrogens with one attached hydrogen (secondary N) is 2. The largest absolute Gasteiger partial charge is 0.356 e. The van der Waals surface area contributed by atoms with Crippen LogP contribution in [0.25, 0.3) is 0 Å². The average molecular weight is 526 g/mol. The first-order chi connectivity index (χ1) is 14.2. The molecule has 2 unspecified atom stereocenters. The molecule has 4 saturated heterocycles. The van der Waals surface area contributed by atoms with Crippen LogP contribution in [0.5, 0.6) is 0 Å². The van der Waals surface area contributed by atoms with Crippen LogP contribution in [-0.4, -0.2) is 98.6 Å². The number of fused-ring (bicyclic) bond motifs is 3. The van der Waals surface area contributed by atoms with Gasteiger partial charge in [-0.05, 0) is 12.0 Å². The van der Waals surface area contributed by atoms with E-state index >= 15 is 0 Å². The summed E-state index contributed by atoms with van der Waals surface area (Å²) in [4.78, 5) is 23.9. The third-order valence-corrected chi connectivity index (χ3v) is 6.49. The maximum Gasteiger partial charge on any atom is 0.223 e. The molecule has 2 atom stereocenters. The predicted octanol–water partition coefficient (Wildman–Crippen LogP) is 0.860. The van der Waals surface area contributed by atoms with Crippen LogP contribution in [-0.2, 0) is 11.2 Å². The van der Waals surface area contributed by atoms with Gasteiger partial charge in [0.25, 0.3) is 0 Å². The van der Waals surface area contributed by atoms with Crippen molar-refractivity contribution in [1.82, 2.24) is 25.3 Å². The van der Waals surface area contributed by atoms with Gasteiger partial charge in [-0.3, -0.25) is 19.6 Å². The first-order valence-electron chi connectivity index (χ1n) is 10.9. The molecule has 0 aromatic heterocycles. The van der Waals surface area contributed by atoms with Crippen molar-refractivity contribution in [3.05, 3.63) is 35.9 Å². The molecule has 8 heteroatoms. The lowest BCUT2D eigenvalue weighted by Crippen LogP contribution is -2.63. The molecule has 4 aliphatic rings. The topological polar surface area (TPSA) is 63.2 Å². The van der Waals surface area contributed by atoms with Crippen molar-refractivity contribution in [2.45, 2.75) is 18.9 Å². The second kappa shape index (κ2) is 11.3. The fourth-order valence-corrected chi connectivity index (χ4v) is 4.71. The number of benzene rings is 1. The molecule has 166 valence electrons. The van der Waals surface area contributed by atoms with E-state index in [1.165, 1.54) is 31.7 Å². The maximum absolute atomic E-state index is 12.4. The van der Waals surface area contributed by atoms with Gasteiger partial charge in [0.15, 0.2) is 5.96 Å². The molecular formula is C22H35IN6O. The van der Waals surface area contributed by atoms with E-state index in [4.69, 9.17) is 0 Å². The molecule has 0 aliphatic carbocycles. The molecule has 1 amide bonds. The minimum atomic E-state index is 0. The van der Waals surface area contributed by atoms with Gasteiger partial charge in [0, 0.05) is 84.3 Å². The number of halogens is 1. The number of guanidine groups is 1. The number of piperazine rings is 3. The van der Waals surface area contributed by atoms with Crippen LogP contribution in [0.15, 0.2) is 35.3 Å². The summed E-state index contributed by atoms with van der Waals surface area (Å²) < 4.78 is 0. The van der Waals surface area contributed by atoms with Crippen LogP contribution in [0.4, 0.5) is 0 Å². The van der Waals surface area contributed by atoms with Gasteiger partial charge in [-0.2, -0.15) is 0 Å². The summed E-state index contributed by atoms with van der Waals surface area (Å²) in [6.45, 7) is 9.28. The monoisotopic (exact) mass is 526 g/mol. The Bertz CT molecular complexity index is 707. The van der Waals surface area contributed by atoms with Crippen LogP contribution in [0.1, 0.15) is 12.0 Å². The lowest BCUT2D eigenvalue weighted by Gasteiger charge is -2.47. The quantitative estimate of drug-likeness (QED) is 0.314. The van der Waals surface area contributed by atoms with E-state index in [9.17, 15) is 4.79 Å². The Morgan fingerprint density at radius 1 is 1.07 bits per heavy atom. The van der Waals surface area contributed by atoms with Crippen LogP contribution in [0, 0.1) is 5.92 Å². The standard InChI is InChI=1S/C22H34N6O.HI/c1-23-22(25-15-20-17-26-9-11-27(20)12-10-26)24-14-19-13-21(29)28(16-19)8-7-18-5-3-2-4-6-18;/h2-6,19-20H,7-17H2,1H3,(H2,23,24,25);1H. The van der Waals surface area contributed by atoms with Gasteiger partial charge in [-0.25, -0.2) is 0 Å². The zero-order valence-electron chi connectivity index (χ0n) is 17.9. The molecular weight excluding hydrogens is 491 g/mol. The number of carbonyl (C=O) groups excluding carboxylic acids is 1. The average Bonchev–Trinajstić information content (AvgIpc) is 3.13. The molecule has 1 aromatic rings. The number of nitrogens with zero attached hydrogens (tertiary/aromatic N) is 4. The molecule has 4 fully saturated rings. The Kier molecular flexibility index (Phi) is 8.76. The van der Waals surface area contributed by atoms with Gasteiger partial charge in [-0.1, -0.05) is 30.3 Å². The molecule has 4 aliphatic heterocycles. The number of amides is 1. The van der Waals surface area contributed by atoms with Gasteiger partial charge in [0.05, 0.1) is 0 Å². The highest BCUT2D eigenvalue weighted by molar-refractivity contribution is 14.0. The SMILES string of the molecule is CN=C(NCC1CC(=O)N(CCc2ccccc2)C1)NCC1CN2CCN1CC2.I. The summed E-state index contributed by atoms with van der Waals surface area (Å²) in [7, 11) is 1.82. The number of rotatable bonds is 7. The smallest absolute Gasteiger partial charge is 0.223 e. The van der Waals surface area contributed by atoms with Crippen molar-refractivity contribution < 1.29 is 4.79 Å². The summed E-state index contributed by atoms with van der Waals surface area (Å²) in [6, 6.07) is 11.0. The summed E-state index contributed by atoms with van der Waals surface area (Å²) in [5, 5.41) is 6.93. The highest BCUT2D eigenvalue weighted by atomic mass is 127. The first-order valence-corrected chi connectivity index (χ1v) is 10.9. The summed E-state index contributed by atoms with van der Waals surface area (Å²) in [6.07, 6.45) is 1.55. The van der Waals surface area contributed by atoms with Gasteiger partial charge < -0.3 is 15.5 Å². The number of hydrogen-bond donors (Lipinski definition) is 2. The third-order valence-electron chi connectivity index (χ3n) is 6.49. The van der Waals surface area contributed by atoms with Crippen molar-refractivity contribution in [1.29, 1.82) is 0 Å². The molecule has 7 nitrogen and oxygen atoms in total. The normalized spacial score (nSPS) is 28.4. The van der Waals surface area contributed by atoms with Crippen molar-refractivity contribution in [2.75, 3.05) is 66.0 Å². The zero-order chi connectivity index (χ0) is 20.1.